The maximum Gasteiger partial charge on any atom is 0.220 e. The largest absolute Gasteiger partial charge is 0.391 e. The highest BCUT2D eigenvalue weighted by molar-refractivity contribution is 6.59. The quantitative estimate of drug-likeness (QED) is 0.641. The van der Waals surface area contributed by atoms with E-state index in [0.29, 0.717) is 36.2 Å². The van der Waals surface area contributed by atoms with Gasteiger partial charge in [-0.1, -0.05) is 16.8 Å². The molecule has 0 spiro atoms. The van der Waals surface area contributed by atoms with Gasteiger partial charge in [-0.2, -0.15) is 0 Å². The Morgan fingerprint density at radius 3 is 2.48 bits per heavy atom. The van der Waals surface area contributed by atoms with Crippen molar-refractivity contribution in [2.45, 2.75) is 42.9 Å². The number of aliphatic hydroxyl groups is 1. The summed E-state index contributed by atoms with van der Waals surface area (Å²) in [5, 5.41) is 16.4. The van der Waals surface area contributed by atoms with E-state index in [9.17, 15) is 0 Å². The third-order valence-electron chi connectivity index (χ3n) is 5.43. The first-order chi connectivity index (χ1) is 14.7. The number of hydrogen-bond donors (Lipinski definition) is 2. The zero-order valence-corrected chi connectivity index (χ0v) is 18.4. The van der Waals surface area contributed by atoms with Gasteiger partial charge in [0, 0.05) is 19.6 Å². The van der Waals surface area contributed by atoms with Gasteiger partial charge in [-0.05, 0) is 38.8 Å². The molecule has 2 aromatic heterocycles. The maximum atomic E-state index is 8.78. The van der Waals surface area contributed by atoms with Crippen LogP contribution in [0.2, 0.25) is 5.02 Å². The van der Waals surface area contributed by atoms with Crippen LogP contribution in [0.25, 0.3) is 11.5 Å². The molecule has 2 saturated heterocycles. The highest BCUT2D eigenvalue weighted by Gasteiger charge is 2.29. The smallest absolute Gasteiger partial charge is 0.220 e. The summed E-state index contributed by atoms with van der Waals surface area (Å²) in [7, 11) is 19.1. The van der Waals surface area contributed by atoms with Gasteiger partial charge in [0.1, 0.15) is 11.5 Å². The Morgan fingerprint density at radius 2 is 1.94 bits per heavy atom. The van der Waals surface area contributed by atoms with Crippen molar-refractivity contribution in [2.75, 3.05) is 32.0 Å². The average molecular weight is 439 g/mol. The summed E-state index contributed by atoms with van der Waals surface area (Å²) in [5.41, 5.74) is 6.11. The molecule has 3 N–H and O–H groups in total. The molecule has 2 fully saturated rings. The number of aliphatic hydroxyl groups excluding tert-OH is 1. The third kappa shape index (κ3) is 6.22. The summed E-state index contributed by atoms with van der Waals surface area (Å²) in [5.74, 6) is 1.78. The Labute approximate surface area is 191 Å². The molecule has 0 aliphatic carbocycles. The summed E-state index contributed by atoms with van der Waals surface area (Å²) < 4.78 is 6.82. The first-order valence-electron chi connectivity index (χ1n) is 10.2. The van der Waals surface area contributed by atoms with Crippen molar-refractivity contribution in [3.05, 3.63) is 17.0 Å². The van der Waals surface area contributed by atoms with Gasteiger partial charge in [0.2, 0.25) is 5.95 Å². The number of hydrogen-bond acceptors (Lipinski definition) is 8. The lowest BCUT2D eigenvalue weighted by atomic mass is 9.48. The zero-order valence-electron chi connectivity index (χ0n) is 17.6. The van der Waals surface area contributed by atoms with Crippen LogP contribution >= 0.6 is 11.6 Å². The highest BCUT2D eigenvalue weighted by Crippen LogP contribution is 2.31. The Morgan fingerprint density at radius 1 is 1.23 bits per heavy atom. The number of nitrogens with two attached hydrogens (primary N) is 1. The van der Waals surface area contributed by atoms with E-state index in [2.05, 4.69) is 20.2 Å². The average Bonchev–Trinajstić information content (AvgIpc) is 3.11. The van der Waals surface area contributed by atoms with Crippen LogP contribution in [0.5, 0.6) is 0 Å². The van der Waals surface area contributed by atoms with Gasteiger partial charge in [0.25, 0.3) is 0 Å². The van der Waals surface area contributed by atoms with Crippen LogP contribution in [0.3, 0.4) is 0 Å². The highest BCUT2D eigenvalue weighted by atomic mass is 35.5. The van der Waals surface area contributed by atoms with E-state index < -0.39 is 5.24 Å². The summed E-state index contributed by atoms with van der Waals surface area (Å²) in [4.78, 5) is 9.87. The van der Waals surface area contributed by atoms with Gasteiger partial charge < -0.3 is 25.0 Å². The van der Waals surface area contributed by atoms with E-state index in [4.69, 9.17) is 50.7 Å². The van der Waals surface area contributed by atoms with Gasteiger partial charge in [-0.25, -0.2) is 9.97 Å². The Balaban J connectivity index is 0.000000330. The first kappa shape index (κ1) is 24.0. The fourth-order valence-corrected chi connectivity index (χ4v) is 3.86. The lowest BCUT2D eigenvalue weighted by Gasteiger charge is -2.42. The standard InChI is InChI=1S/C13H15B3ClN7.C5H10O2/c1-23-10(7-2-4-24(5-3-7)13(14,15)16)21-22-11(23)9-8(17)6-19-12(18)20-9;6-5-2-1-3-7-4-5/h6-7H,2-5H2,1H3,(H2,18,19,20);5-6H,1-4H2. The number of nitrogen functional groups attached to an aromatic ring is 1. The molecule has 13 heteroatoms. The third-order valence-corrected chi connectivity index (χ3v) is 5.70. The lowest BCUT2D eigenvalue weighted by Crippen LogP contribution is -2.53. The minimum Gasteiger partial charge on any atom is -0.391 e. The number of anilines is 1. The van der Waals surface area contributed by atoms with Crippen molar-refractivity contribution < 1.29 is 9.84 Å². The van der Waals surface area contributed by atoms with Gasteiger partial charge in [0.15, 0.2) is 5.82 Å². The Hall–Kier alpha value is -1.62. The van der Waals surface area contributed by atoms with E-state index in [0.717, 1.165) is 38.1 Å². The molecule has 1 atom stereocenters. The molecule has 2 aromatic rings. The fraction of sp³-hybridized carbons (Fsp3) is 0.667. The monoisotopic (exact) mass is 439 g/mol. The maximum absolute atomic E-state index is 8.78. The summed E-state index contributed by atoms with van der Waals surface area (Å²) in [6, 6.07) is 0. The second-order valence-electron chi connectivity index (χ2n) is 7.89. The van der Waals surface area contributed by atoms with Crippen molar-refractivity contribution in [1.29, 1.82) is 0 Å². The molecule has 0 saturated carbocycles. The molecule has 160 valence electrons. The van der Waals surface area contributed by atoms with Gasteiger partial charge >= 0.3 is 0 Å². The predicted molar refractivity (Wildman–Crippen MR) is 121 cm³/mol. The number of piperidine rings is 1. The number of rotatable bonds is 3. The summed E-state index contributed by atoms with van der Waals surface area (Å²) >= 11 is 6.16. The minimum absolute atomic E-state index is 0.137. The van der Waals surface area contributed by atoms with Gasteiger partial charge in [-0.15, -0.1) is 10.2 Å². The molecular formula is C18H25B3ClN7O2. The molecule has 0 aromatic carbocycles. The van der Waals surface area contributed by atoms with E-state index in [-0.39, 0.29) is 18.0 Å². The number of ether oxygens (including phenoxy) is 1. The van der Waals surface area contributed by atoms with Gasteiger partial charge in [0.05, 0.1) is 47.5 Å². The van der Waals surface area contributed by atoms with Crippen molar-refractivity contribution >= 4 is 41.1 Å². The number of halogens is 1. The van der Waals surface area contributed by atoms with Gasteiger partial charge in [-0.3, -0.25) is 0 Å². The van der Waals surface area contributed by atoms with Crippen LogP contribution in [0.1, 0.15) is 37.4 Å². The first-order valence-corrected chi connectivity index (χ1v) is 10.6. The molecule has 31 heavy (non-hydrogen) atoms. The van der Waals surface area contributed by atoms with Crippen molar-refractivity contribution in [2.24, 2.45) is 7.05 Å². The molecule has 9 nitrogen and oxygen atoms in total. The number of nitrogens with zero attached hydrogens (tertiary/aromatic N) is 6. The number of aromatic nitrogens is 5. The van der Waals surface area contributed by atoms with Crippen LogP contribution in [0.15, 0.2) is 6.20 Å². The fourth-order valence-electron chi connectivity index (χ4n) is 3.69. The van der Waals surface area contributed by atoms with E-state index in [1.807, 2.05) is 16.5 Å². The molecule has 1 unspecified atom stereocenters. The predicted octanol–water partition coefficient (Wildman–Crippen LogP) is -0.0384. The van der Waals surface area contributed by atoms with Crippen LogP contribution in [-0.4, -0.2) is 95.9 Å². The van der Waals surface area contributed by atoms with Crippen LogP contribution < -0.4 is 5.73 Å². The zero-order chi connectivity index (χ0) is 22.6. The Kier molecular flexibility index (Phi) is 8.01. The molecule has 4 rings (SSSR count). The van der Waals surface area contributed by atoms with Crippen LogP contribution in [0, 0.1) is 0 Å². The van der Waals surface area contributed by atoms with Crippen molar-refractivity contribution in [3.63, 3.8) is 0 Å². The summed E-state index contributed by atoms with van der Waals surface area (Å²) in [6.07, 6.45) is 4.86. The number of likely N-dealkylation sites (tertiary alicyclic amines) is 1. The van der Waals surface area contributed by atoms with E-state index >= 15 is 0 Å². The molecule has 6 radical (unpaired) electrons. The van der Waals surface area contributed by atoms with Crippen molar-refractivity contribution in [3.8, 4) is 11.5 Å². The second kappa shape index (κ2) is 10.3. The van der Waals surface area contributed by atoms with E-state index in [1.54, 1.807) is 0 Å². The molecule has 0 amide bonds. The van der Waals surface area contributed by atoms with Crippen molar-refractivity contribution in [1.82, 2.24) is 29.6 Å². The van der Waals surface area contributed by atoms with Crippen LogP contribution in [0.4, 0.5) is 5.95 Å². The SMILES string of the molecule is OC1CCCOC1.[B]C([B])([B])N1CCC(c2nnc(-c3nc(N)ncc3Cl)n2C)CC1. The van der Waals surface area contributed by atoms with E-state index in [1.165, 1.54) is 6.20 Å². The summed E-state index contributed by atoms with van der Waals surface area (Å²) in [6.45, 7) is 2.76. The normalized spacial score (nSPS) is 20.8. The molecule has 4 heterocycles. The second-order valence-corrected chi connectivity index (χ2v) is 8.29. The molecule has 0 bridgehead atoms. The lowest BCUT2D eigenvalue weighted by molar-refractivity contribution is -0.00535. The topological polar surface area (TPSA) is 115 Å². The Bertz CT molecular complexity index is 866. The minimum atomic E-state index is -1.29. The molecule has 2 aliphatic rings. The molecular weight excluding hydrogens is 414 g/mol. The molecule has 2 aliphatic heterocycles. The van der Waals surface area contributed by atoms with Crippen LogP contribution in [-0.2, 0) is 11.8 Å².